The van der Waals surface area contributed by atoms with Gasteiger partial charge in [0.2, 0.25) is 0 Å². The van der Waals surface area contributed by atoms with Crippen molar-refractivity contribution in [1.29, 1.82) is 0 Å². The van der Waals surface area contributed by atoms with Crippen LogP contribution in [0, 0.1) is 6.92 Å². The Bertz CT molecular complexity index is 457. The molecule has 0 fully saturated rings. The van der Waals surface area contributed by atoms with Gasteiger partial charge in [0, 0.05) is 30.4 Å². The number of hydrogen-bond donors (Lipinski definition) is 0. The molecule has 0 saturated heterocycles. The summed E-state index contributed by atoms with van der Waals surface area (Å²) in [6, 6.07) is 1.98. The third kappa shape index (κ3) is 1.72. The zero-order chi connectivity index (χ0) is 9.97. The van der Waals surface area contributed by atoms with Crippen LogP contribution in [0.2, 0.25) is 5.15 Å². The summed E-state index contributed by atoms with van der Waals surface area (Å²) >= 11 is 5.91. The maximum Gasteiger partial charge on any atom is 0.155 e. The lowest BCUT2D eigenvalue weighted by molar-refractivity contribution is 1.19. The maximum atomic E-state index is 5.91. The first-order valence-corrected chi connectivity index (χ1v) is 4.53. The number of pyridine rings is 1. The molecular formula is C10H8ClN3. The standard InChI is InChI=1S/C10H8ClN3/c1-7-4-8(6-12-5-7)9-10(11)14-3-2-13-9/h2-6H,1H3. The summed E-state index contributed by atoms with van der Waals surface area (Å²) in [4.78, 5) is 12.2. The van der Waals surface area contributed by atoms with E-state index < -0.39 is 0 Å². The van der Waals surface area contributed by atoms with Crippen molar-refractivity contribution in [2.24, 2.45) is 0 Å². The summed E-state index contributed by atoms with van der Waals surface area (Å²) in [6.45, 7) is 1.97. The Kier molecular flexibility index (Phi) is 2.41. The average Bonchev–Trinajstić information content (AvgIpc) is 2.18. The highest BCUT2D eigenvalue weighted by molar-refractivity contribution is 6.31. The van der Waals surface area contributed by atoms with Crippen molar-refractivity contribution in [3.05, 3.63) is 41.6 Å². The number of hydrogen-bond acceptors (Lipinski definition) is 3. The highest BCUT2D eigenvalue weighted by Gasteiger charge is 2.05. The Balaban J connectivity index is 2.55. The van der Waals surface area contributed by atoms with Gasteiger partial charge in [-0.05, 0) is 18.6 Å². The van der Waals surface area contributed by atoms with E-state index >= 15 is 0 Å². The van der Waals surface area contributed by atoms with Crippen LogP contribution in [0.3, 0.4) is 0 Å². The van der Waals surface area contributed by atoms with Crippen molar-refractivity contribution in [1.82, 2.24) is 15.0 Å². The smallest absolute Gasteiger partial charge is 0.155 e. The van der Waals surface area contributed by atoms with Crippen LogP contribution in [-0.4, -0.2) is 15.0 Å². The van der Waals surface area contributed by atoms with Crippen LogP contribution in [0.15, 0.2) is 30.9 Å². The molecule has 4 heteroatoms. The number of aryl methyl sites for hydroxylation is 1. The van der Waals surface area contributed by atoms with E-state index in [9.17, 15) is 0 Å². The topological polar surface area (TPSA) is 38.7 Å². The third-order valence-electron chi connectivity index (χ3n) is 1.80. The van der Waals surface area contributed by atoms with Gasteiger partial charge in [-0.3, -0.25) is 9.97 Å². The van der Waals surface area contributed by atoms with Gasteiger partial charge >= 0.3 is 0 Å². The molecule has 0 saturated carbocycles. The zero-order valence-corrected chi connectivity index (χ0v) is 8.36. The van der Waals surface area contributed by atoms with E-state index in [1.165, 1.54) is 0 Å². The molecule has 0 aliphatic rings. The van der Waals surface area contributed by atoms with Crippen LogP contribution in [0.4, 0.5) is 0 Å². The molecule has 0 N–H and O–H groups in total. The second-order valence-electron chi connectivity index (χ2n) is 2.95. The molecule has 70 valence electrons. The first-order chi connectivity index (χ1) is 6.77. The molecule has 0 aromatic carbocycles. The minimum absolute atomic E-state index is 0.403. The van der Waals surface area contributed by atoms with Gasteiger partial charge in [-0.15, -0.1) is 0 Å². The summed E-state index contributed by atoms with van der Waals surface area (Å²) in [7, 11) is 0. The first kappa shape index (κ1) is 9.09. The number of rotatable bonds is 1. The Labute approximate surface area is 86.8 Å². The summed E-state index contributed by atoms with van der Waals surface area (Å²) < 4.78 is 0. The Morgan fingerprint density at radius 3 is 2.64 bits per heavy atom. The predicted octanol–water partition coefficient (Wildman–Crippen LogP) is 2.50. The van der Waals surface area contributed by atoms with E-state index in [2.05, 4.69) is 15.0 Å². The Hall–Kier alpha value is -1.48. The largest absolute Gasteiger partial charge is 0.264 e. The van der Waals surface area contributed by atoms with Crippen LogP contribution in [0.5, 0.6) is 0 Å². The second-order valence-corrected chi connectivity index (χ2v) is 3.30. The molecule has 0 radical (unpaired) electrons. The Morgan fingerprint density at radius 2 is 1.93 bits per heavy atom. The van der Waals surface area contributed by atoms with Gasteiger partial charge < -0.3 is 0 Å². The molecule has 0 bridgehead atoms. The van der Waals surface area contributed by atoms with Gasteiger partial charge in [-0.2, -0.15) is 0 Å². The van der Waals surface area contributed by atoms with E-state index in [1.807, 2.05) is 13.0 Å². The second kappa shape index (κ2) is 3.72. The van der Waals surface area contributed by atoms with Crippen LogP contribution in [0.1, 0.15) is 5.56 Å². The van der Waals surface area contributed by atoms with E-state index in [4.69, 9.17) is 11.6 Å². The van der Waals surface area contributed by atoms with Crippen LogP contribution < -0.4 is 0 Å². The van der Waals surface area contributed by atoms with Crippen molar-refractivity contribution >= 4 is 11.6 Å². The van der Waals surface area contributed by atoms with Gasteiger partial charge in [-0.25, -0.2) is 4.98 Å². The van der Waals surface area contributed by atoms with Crippen molar-refractivity contribution in [3.63, 3.8) is 0 Å². The fourth-order valence-corrected chi connectivity index (χ4v) is 1.41. The SMILES string of the molecule is Cc1cncc(-c2nccnc2Cl)c1. The Morgan fingerprint density at radius 1 is 1.14 bits per heavy atom. The number of halogens is 1. The summed E-state index contributed by atoms with van der Waals surface area (Å²) in [6.07, 6.45) is 6.69. The summed E-state index contributed by atoms with van der Waals surface area (Å²) in [5.74, 6) is 0. The molecule has 0 amide bonds. The van der Waals surface area contributed by atoms with Crippen LogP contribution in [0.25, 0.3) is 11.3 Å². The lowest BCUT2D eigenvalue weighted by Gasteiger charge is -2.01. The quantitative estimate of drug-likeness (QED) is 0.718. The van der Waals surface area contributed by atoms with Crippen LogP contribution >= 0.6 is 11.6 Å². The molecule has 3 nitrogen and oxygen atoms in total. The maximum absolute atomic E-state index is 5.91. The van der Waals surface area contributed by atoms with Crippen LogP contribution in [-0.2, 0) is 0 Å². The van der Waals surface area contributed by atoms with E-state index in [1.54, 1.807) is 24.8 Å². The molecule has 0 atom stereocenters. The predicted molar refractivity (Wildman–Crippen MR) is 55.0 cm³/mol. The van der Waals surface area contributed by atoms with Gasteiger partial charge in [0.05, 0.1) is 0 Å². The fraction of sp³-hybridized carbons (Fsp3) is 0.100. The minimum atomic E-state index is 0.403. The fourth-order valence-electron chi connectivity index (χ4n) is 1.20. The van der Waals surface area contributed by atoms with Gasteiger partial charge in [0.15, 0.2) is 5.15 Å². The van der Waals surface area contributed by atoms with Crippen molar-refractivity contribution < 1.29 is 0 Å². The van der Waals surface area contributed by atoms with Gasteiger partial charge in [-0.1, -0.05) is 11.6 Å². The van der Waals surface area contributed by atoms with Crippen molar-refractivity contribution in [3.8, 4) is 11.3 Å². The van der Waals surface area contributed by atoms with Crippen molar-refractivity contribution in [2.45, 2.75) is 6.92 Å². The third-order valence-corrected chi connectivity index (χ3v) is 2.08. The molecule has 2 aromatic rings. The normalized spacial score (nSPS) is 10.1. The van der Waals surface area contributed by atoms with E-state index in [0.29, 0.717) is 10.8 Å². The molecule has 0 spiro atoms. The first-order valence-electron chi connectivity index (χ1n) is 4.16. The van der Waals surface area contributed by atoms with E-state index in [-0.39, 0.29) is 0 Å². The molecule has 0 aliphatic heterocycles. The molecule has 0 aliphatic carbocycles. The number of aromatic nitrogens is 3. The highest BCUT2D eigenvalue weighted by Crippen LogP contribution is 2.22. The zero-order valence-electron chi connectivity index (χ0n) is 7.61. The molecular weight excluding hydrogens is 198 g/mol. The average molecular weight is 206 g/mol. The molecule has 14 heavy (non-hydrogen) atoms. The van der Waals surface area contributed by atoms with E-state index in [0.717, 1.165) is 11.1 Å². The summed E-state index contributed by atoms with van der Waals surface area (Å²) in [5, 5.41) is 0.403. The van der Waals surface area contributed by atoms with Gasteiger partial charge in [0.25, 0.3) is 0 Å². The summed E-state index contributed by atoms with van der Waals surface area (Å²) in [5.41, 5.74) is 2.64. The minimum Gasteiger partial charge on any atom is -0.264 e. The monoisotopic (exact) mass is 205 g/mol. The molecule has 2 heterocycles. The van der Waals surface area contributed by atoms with Crippen molar-refractivity contribution in [2.75, 3.05) is 0 Å². The molecule has 0 unspecified atom stereocenters. The lowest BCUT2D eigenvalue weighted by atomic mass is 10.2. The molecule has 2 aromatic heterocycles. The lowest BCUT2D eigenvalue weighted by Crippen LogP contribution is -1.88. The number of nitrogens with zero attached hydrogens (tertiary/aromatic N) is 3. The highest BCUT2D eigenvalue weighted by atomic mass is 35.5. The molecule has 2 rings (SSSR count). The van der Waals surface area contributed by atoms with Gasteiger partial charge in [0.1, 0.15) is 5.69 Å².